The second-order valence-electron chi connectivity index (χ2n) is 5.38. The summed E-state index contributed by atoms with van der Waals surface area (Å²) in [5, 5.41) is 14.0. The third-order valence-electron chi connectivity index (χ3n) is 3.86. The SMILES string of the molecule is Cc1nn(-c2ccccn2)c2c1C(Cl)=C(/C=C(\C#N)C(N)=O)CC2. The van der Waals surface area contributed by atoms with Crippen molar-refractivity contribution < 1.29 is 4.79 Å². The van der Waals surface area contributed by atoms with Crippen molar-refractivity contribution in [1.82, 2.24) is 14.8 Å². The standard InChI is InChI=1S/C17H14ClN5O/c1-10-15-13(23(22-10)14-4-2-3-7-21-14)6-5-11(16(15)18)8-12(9-19)17(20)24/h2-4,7-8H,5-6H2,1H3,(H2,20,24)/b12-8+. The number of primary amides is 1. The molecule has 0 radical (unpaired) electrons. The van der Waals surface area contributed by atoms with Crippen molar-refractivity contribution in [1.29, 1.82) is 5.26 Å². The zero-order valence-electron chi connectivity index (χ0n) is 13.0. The molecule has 120 valence electrons. The number of fused-ring (bicyclic) bond motifs is 1. The Kier molecular flexibility index (Phi) is 4.19. The van der Waals surface area contributed by atoms with E-state index in [1.807, 2.05) is 25.1 Å². The molecule has 2 heterocycles. The van der Waals surface area contributed by atoms with Gasteiger partial charge < -0.3 is 5.73 Å². The summed E-state index contributed by atoms with van der Waals surface area (Å²) in [5.41, 5.74) is 8.35. The number of carbonyl (C=O) groups is 1. The Balaban J connectivity index is 2.13. The van der Waals surface area contributed by atoms with Crippen LogP contribution in [-0.4, -0.2) is 20.7 Å². The Bertz CT molecular complexity index is 918. The lowest BCUT2D eigenvalue weighted by atomic mass is 9.94. The Morgan fingerprint density at radius 3 is 2.88 bits per heavy atom. The van der Waals surface area contributed by atoms with Crippen molar-refractivity contribution in [2.24, 2.45) is 5.73 Å². The first-order chi connectivity index (χ1) is 11.5. The Morgan fingerprint density at radius 1 is 1.46 bits per heavy atom. The van der Waals surface area contributed by atoms with Gasteiger partial charge in [-0.3, -0.25) is 4.79 Å². The van der Waals surface area contributed by atoms with Crippen molar-refractivity contribution in [3.8, 4) is 11.9 Å². The Morgan fingerprint density at radius 2 is 2.25 bits per heavy atom. The van der Waals surface area contributed by atoms with Crippen LogP contribution in [0.3, 0.4) is 0 Å². The number of aromatic nitrogens is 3. The molecule has 0 atom stereocenters. The molecular weight excluding hydrogens is 326 g/mol. The highest BCUT2D eigenvalue weighted by Crippen LogP contribution is 2.37. The Labute approximate surface area is 143 Å². The molecule has 1 aliphatic rings. The molecule has 0 bridgehead atoms. The number of hydrogen-bond donors (Lipinski definition) is 1. The fraction of sp³-hybridized carbons (Fsp3) is 0.176. The van der Waals surface area contributed by atoms with E-state index in [1.165, 1.54) is 6.08 Å². The third-order valence-corrected chi connectivity index (χ3v) is 4.29. The number of halogens is 1. The lowest BCUT2D eigenvalue weighted by molar-refractivity contribution is -0.114. The number of nitrogens with zero attached hydrogens (tertiary/aromatic N) is 4. The van der Waals surface area contributed by atoms with Gasteiger partial charge in [-0.2, -0.15) is 10.4 Å². The first kappa shape index (κ1) is 16.0. The number of allylic oxidation sites excluding steroid dienone is 2. The van der Waals surface area contributed by atoms with Gasteiger partial charge in [0.25, 0.3) is 5.91 Å². The van der Waals surface area contributed by atoms with Crippen LogP contribution >= 0.6 is 11.6 Å². The molecule has 0 aromatic carbocycles. The van der Waals surface area contributed by atoms with Gasteiger partial charge >= 0.3 is 0 Å². The number of rotatable bonds is 3. The van der Waals surface area contributed by atoms with Crippen LogP contribution in [0, 0.1) is 18.3 Å². The second-order valence-corrected chi connectivity index (χ2v) is 5.76. The predicted molar refractivity (Wildman–Crippen MR) is 90.1 cm³/mol. The molecule has 3 rings (SSSR count). The second kappa shape index (κ2) is 6.30. The molecule has 0 unspecified atom stereocenters. The van der Waals surface area contributed by atoms with Crippen LogP contribution in [0.15, 0.2) is 41.6 Å². The van der Waals surface area contributed by atoms with Gasteiger partial charge in [-0.1, -0.05) is 17.7 Å². The van der Waals surface area contributed by atoms with Crippen molar-refractivity contribution in [3.63, 3.8) is 0 Å². The lowest BCUT2D eigenvalue weighted by Crippen LogP contribution is -2.14. The molecule has 0 aliphatic heterocycles. The van der Waals surface area contributed by atoms with Gasteiger partial charge in [-0.05, 0) is 43.5 Å². The maximum atomic E-state index is 11.3. The monoisotopic (exact) mass is 339 g/mol. The topological polar surface area (TPSA) is 97.6 Å². The van der Waals surface area contributed by atoms with Crippen LogP contribution in [0.4, 0.5) is 0 Å². The normalized spacial score (nSPS) is 14.3. The predicted octanol–water partition coefficient (Wildman–Crippen LogP) is 2.41. The quantitative estimate of drug-likeness (QED) is 0.685. The van der Waals surface area contributed by atoms with E-state index in [9.17, 15) is 4.79 Å². The average Bonchev–Trinajstić information content (AvgIpc) is 2.92. The molecule has 2 N–H and O–H groups in total. The van der Waals surface area contributed by atoms with E-state index < -0.39 is 5.91 Å². The number of amides is 1. The fourth-order valence-corrected chi connectivity index (χ4v) is 3.15. The zero-order chi connectivity index (χ0) is 17.3. The van der Waals surface area contributed by atoms with Crippen molar-refractivity contribution in [2.45, 2.75) is 19.8 Å². The minimum atomic E-state index is -0.763. The van der Waals surface area contributed by atoms with Gasteiger partial charge in [0.05, 0.1) is 16.4 Å². The summed E-state index contributed by atoms with van der Waals surface area (Å²) >= 11 is 6.52. The highest BCUT2D eigenvalue weighted by atomic mass is 35.5. The van der Waals surface area contributed by atoms with E-state index in [1.54, 1.807) is 16.9 Å². The molecule has 1 aliphatic carbocycles. The summed E-state index contributed by atoms with van der Waals surface area (Å²) in [6.45, 7) is 1.87. The Hall–Kier alpha value is -2.91. The third kappa shape index (κ3) is 2.70. The average molecular weight is 340 g/mol. The lowest BCUT2D eigenvalue weighted by Gasteiger charge is -2.16. The number of carbonyl (C=O) groups excluding carboxylic acids is 1. The molecule has 2 aromatic heterocycles. The van der Waals surface area contributed by atoms with Crippen LogP contribution in [0.5, 0.6) is 0 Å². The summed E-state index contributed by atoms with van der Waals surface area (Å²) in [4.78, 5) is 15.6. The maximum Gasteiger partial charge on any atom is 0.259 e. The van der Waals surface area contributed by atoms with Gasteiger partial charge in [-0.15, -0.1) is 0 Å². The van der Waals surface area contributed by atoms with Crippen LogP contribution in [0.25, 0.3) is 10.9 Å². The van der Waals surface area contributed by atoms with Gasteiger partial charge in [0.15, 0.2) is 5.82 Å². The molecule has 0 saturated heterocycles. The summed E-state index contributed by atoms with van der Waals surface area (Å²) in [7, 11) is 0. The van der Waals surface area contributed by atoms with Gasteiger partial charge in [-0.25, -0.2) is 9.67 Å². The molecule has 0 spiro atoms. The van der Waals surface area contributed by atoms with Crippen LogP contribution < -0.4 is 5.73 Å². The number of hydrogen-bond acceptors (Lipinski definition) is 4. The van der Waals surface area contributed by atoms with Gasteiger partial charge in [0.1, 0.15) is 11.6 Å². The van der Waals surface area contributed by atoms with E-state index in [0.29, 0.717) is 23.4 Å². The molecule has 0 saturated carbocycles. The van der Waals surface area contributed by atoms with Crippen LogP contribution in [0.2, 0.25) is 0 Å². The van der Waals surface area contributed by atoms with Gasteiger partial charge in [0, 0.05) is 11.8 Å². The number of aryl methyl sites for hydroxylation is 1. The molecular formula is C17H14ClN5O. The van der Waals surface area contributed by atoms with Crippen molar-refractivity contribution in [3.05, 3.63) is 58.6 Å². The minimum Gasteiger partial charge on any atom is -0.365 e. The number of nitriles is 1. The van der Waals surface area contributed by atoms with Crippen molar-refractivity contribution >= 4 is 22.5 Å². The van der Waals surface area contributed by atoms with Gasteiger partial charge in [0.2, 0.25) is 0 Å². The first-order valence-electron chi connectivity index (χ1n) is 7.33. The summed E-state index contributed by atoms with van der Waals surface area (Å²) in [5.74, 6) is -0.0404. The summed E-state index contributed by atoms with van der Waals surface area (Å²) in [6.07, 6.45) is 4.43. The molecule has 2 aromatic rings. The minimum absolute atomic E-state index is 0.110. The summed E-state index contributed by atoms with van der Waals surface area (Å²) < 4.78 is 1.78. The molecule has 24 heavy (non-hydrogen) atoms. The molecule has 0 fully saturated rings. The first-order valence-corrected chi connectivity index (χ1v) is 7.71. The van der Waals surface area contributed by atoms with E-state index in [-0.39, 0.29) is 5.57 Å². The highest BCUT2D eigenvalue weighted by Gasteiger charge is 2.25. The number of pyridine rings is 1. The van der Waals surface area contributed by atoms with E-state index in [4.69, 9.17) is 22.6 Å². The fourth-order valence-electron chi connectivity index (χ4n) is 2.75. The smallest absolute Gasteiger partial charge is 0.259 e. The van der Waals surface area contributed by atoms with Crippen LogP contribution in [0.1, 0.15) is 23.4 Å². The summed E-state index contributed by atoms with van der Waals surface area (Å²) in [6, 6.07) is 7.42. The highest BCUT2D eigenvalue weighted by molar-refractivity contribution is 6.50. The number of nitrogens with two attached hydrogens (primary N) is 1. The van der Waals surface area contributed by atoms with Crippen LogP contribution in [-0.2, 0) is 11.2 Å². The van der Waals surface area contributed by atoms with Crippen molar-refractivity contribution in [2.75, 3.05) is 0 Å². The molecule has 7 heteroatoms. The van der Waals surface area contributed by atoms with E-state index in [2.05, 4.69) is 10.1 Å². The van der Waals surface area contributed by atoms with E-state index in [0.717, 1.165) is 22.8 Å². The maximum absolute atomic E-state index is 11.3. The molecule has 1 amide bonds. The zero-order valence-corrected chi connectivity index (χ0v) is 13.7. The molecule has 6 nitrogen and oxygen atoms in total. The largest absolute Gasteiger partial charge is 0.365 e. The van der Waals surface area contributed by atoms with E-state index >= 15 is 0 Å².